The number of carbonyl (C=O) groups excluding carboxylic acids is 2. The van der Waals surface area contributed by atoms with E-state index in [1.807, 2.05) is 44.4 Å². The molecule has 0 fully saturated rings. The number of hydrogen-bond donors (Lipinski definition) is 1. The number of anilines is 1. The van der Waals surface area contributed by atoms with Gasteiger partial charge < -0.3 is 10.1 Å². The Bertz CT molecular complexity index is 1100. The lowest BCUT2D eigenvalue weighted by atomic mass is 9.99. The Balaban J connectivity index is 1.68. The molecule has 1 N–H and O–H groups in total. The van der Waals surface area contributed by atoms with Crippen LogP contribution in [0.5, 0.6) is 0 Å². The molecule has 0 atom stereocenters. The van der Waals surface area contributed by atoms with Crippen molar-refractivity contribution in [2.45, 2.75) is 52.1 Å². The van der Waals surface area contributed by atoms with Crippen molar-refractivity contribution in [3.05, 3.63) is 61.6 Å². The van der Waals surface area contributed by atoms with Gasteiger partial charge in [-0.1, -0.05) is 23.7 Å². The maximum absolute atomic E-state index is 13.1. The van der Waals surface area contributed by atoms with Crippen LogP contribution in [0.25, 0.3) is 11.1 Å². The van der Waals surface area contributed by atoms with Crippen molar-refractivity contribution in [2.75, 3.05) is 5.32 Å². The molecule has 2 heterocycles. The van der Waals surface area contributed by atoms with Crippen molar-refractivity contribution >= 4 is 51.2 Å². The van der Waals surface area contributed by atoms with Crippen LogP contribution in [-0.2, 0) is 17.6 Å². The minimum Gasteiger partial charge on any atom is -0.456 e. The van der Waals surface area contributed by atoms with Crippen LogP contribution >= 0.6 is 34.3 Å². The van der Waals surface area contributed by atoms with Gasteiger partial charge in [-0.15, -0.1) is 22.7 Å². The molecule has 7 heteroatoms. The Hall–Kier alpha value is -2.15. The topological polar surface area (TPSA) is 55.4 Å². The number of ether oxygens (including phenoxy) is 1. The molecule has 0 radical (unpaired) electrons. The van der Waals surface area contributed by atoms with E-state index in [4.69, 9.17) is 16.3 Å². The second-order valence-corrected chi connectivity index (χ2v) is 11.0. The number of amides is 1. The largest absolute Gasteiger partial charge is 0.456 e. The average Bonchev–Trinajstić information content (AvgIpc) is 3.31. The summed E-state index contributed by atoms with van der Waals surface area (Å²) in [5.41, 5.74) is 2.56. The number of thiophene rings is 2. The van der Waals surface area contributed by atoms with E-state index in [1.54, 1.807) is 23.5 Å². The standard InChI is InChI=1S/C24H24ClNO3S2/c1-24(2,3)29-23(28)20-17(14-8-10-16(25)11-9-14)13-30-22(20)26-21(27)19-12-15-6-4-5-7-18(15)31-19/h8-13H,4-7H2,1-3H3,(H,26,27). The molecule has 0 bridgehead atoms. The first kappa shape index (κ1) is 22.1. The minimum atomic E-state index is -0.648. The van der Waals surface area contributed by atoms with Gasteiger partial charge in [0.15, 0.2) is 0 Å². The maximum atomic E-state index is 13.1. The van der Waals surface area contributed by atoms with E-state index in [2.05, 4.69) is 5.32 Å². The Morgan fingerprint density at radius 3 is 2.48 bits per heavy atom. The normalized spacial score (nSPS) is 13.5. The lowest BCUT2D eigenvalue weighted by Gasteiger charge is -2.20. The molecule has 1 aliphatic rings. The third-order valence-corrected chi connectivity index (χ3v) is 7.38. The molecule has 1 amide bonds. The van der Waals surface area contributed by atoms with Crippen molar-refractivity contribution in [2.24, 2.45) is 0 Å². The quantitative estimate of drug-likeness (QED) is 0.407. The summed E-state index contributed by atoms with van der Waals surface area (Å²) in [6.45, 7) is 5.48. The first-order chi connectivity index (χ1) is 14.7. The van der Waals surface area contributed by atoms with Crippen LogP contribution < -0.4 is 5.32 Å². The fraction of sp³-hybridized carbons (Fsp3) is 0.333. The van der Waals surface area contributed by atoms with Gasteiger partial charge in [0.2, 0.25) is 0 Å². The van der Waals surface area contributed by atoms with E-state index in [9.17, 15) is 9.59 Å². The highest BCUT2D eigenvalue weighted by Crippen LogP contribution is 2.38. The van der Waals surface area contributed by atoms with E-state index in [-0.39, 0.29) is 5.91 Å². The first-order valence-electron chi connectivity index (χ1n) is 10.2. The molecule has 31 heavy (non-hydrogen) atoms. The zero-order valence-corrected chi connectivity index (χ0v) is 20.1. The number of nitrogens with one attached hydrogen (secondary N) is 1. The van der Waals surface area contributed by atoms with E-state index in [1.165, 1.54) is 34.6 Å². The van der Waals surface area contributed by atoms with Crippen molar-refractivity contribution in [3.63, 3.8) is 0 Å². The summed E-state index contributed by atoms with van der Waals surface area (Å²) in [6.07, 6.45) is 4.41. The zero-order chi connectivity index (χ0) is 22.2. The molecular formula is C24H24ClNO3S2. The second-order valence-electron chi connectivity index (χ2n) is 8.58. The lowest BCUT2D eigenvalue weighted by molar-refractivity contribution is 0.00722. The molecule has 0 spiro atoms. The molecular weight excluding hydrogens is 450 g/mol. The number of halogens is 1. The smallest absolute Gasteiger partial charge is 0.342 e. The molecule has 162 valence electrons. The van der Waals surface area contributed by atoms with Crippen LogP contribution in [-0.4, -0.2) is 17.5 Å². The van der Waals surface area contributed by atoms with Gasteiger partial charge in [-0.25, -0.2) is 4.79 Å². The molecule has 0 aliphatic heterocycles. The summed E-state index contributed by atoms with van der Waals surface area (Å²) in [5.74, 6) is -0.645. The Labute approximate surface area is 195 Å². The van der Waals surface area contributed by atoms with E-state index < -0.39 is 11.6 Å². The number of carbonyl (C=O) groups is 2. The number of aryl methyl sites for hydroxylation is 2. The number of rotatable bonds is 4. The van der Waals surface area contributed by atoms with Crippen molar-refractivity contribution < 1.29 is 14.3 Å². The molecule has 0 unspecified atom stereocenters. The number of fused-ring (bicyclic) bond motifs is 1. The van der Waals surface area contributed by atoms with Crippen molar-refractivity contribution in [1.29, 1.82) is 0 Å². The SMILES string of the molecule is CC(C)(C)OC(=O)c1c(-c2ccc(Cl)cc2)csc1NC(=O)c1cc2c(s1)CCCC2. The minimum absolute atomic E-state index is 0.186. The summed E-state index contributed by atoms with van der Waals surface area (Å²) >= 11 is 8.91. The number of esters is 1. The molecule has 0 saturated heterocycles. The zero-order valence-electron chi connectivity index (χ0n) is 17.7. The fourth-order valence-corrected chi connectivity index (χ4v) is 5.82. The second kappa shape index (κ2) is 8.77. The lowest BCUT2D eigenvalue weighted by Crippen LogP contribution is -2.24. The third-order valence-electron chi connectivity index (χ3n) is 5.00. The van der Waals surface area contributed by atoms with Gasteiger partial charge >= 0.3 is 5.97 Å². The van der Waals surface area contributed by atoms with E-state index >= 15 is 0 Å². The Morgan fingerprint density at radius 1 is 1.10 bits per heavy atom. The average molecular weight is 474 g/mol. The Morgan fingerprint density at radius 2 is 1.81 bits per heavy atom. The van der Waals surface area contributed by atoms with E-state index in [0.717, 1.165) is 24.0 Å². The van der Waals surface area contributed by atoms with Gasteiger partial charge in [-0.05, 0) is 75.8 Å². The van der Waals surface area contributed by atoms with Gasteiger partial charge in [0, 0.05) is 20.8 Å². The summed E-state index contributed by atoms with van der Waals surface area (Å²) in [4.78, 5) is 28.1. The highest BCUT2D eigenvalue weighted by Gasteiger charge is 2.27. The molecule has 2 aromatic heterocycles. The summed E-state index contributed by atoms with van der Waals surface area (Å²) in [5, 5.41) is 5.95. The molecule has 3 aromatic rings. The monoisotopic (exact) mass is 473 g/mol. The molecule has 0 saturated carbocycles. The number of benzene rings is 1. The predicted molar refractivity (Wildman–Crippen MR) is 129 cm³/mol. The van der Waals surface area contributed by atoms with Crippen LogP contribution in [0.3, 0.4) is 0 Å². The number of hydrogen-bond acceptors (Lipinski definition) is 5. The van der Waals surface area contributed by atoms with Gasteiger partial charge in [-0.2, -0.15) is 0 Å². The van der Waals surface area contributed by atoms with Crippen LogP contribution in [0, 0.1) is 0 Å². The van der Waals surface area contributed by atoms with Gasteiger partial charge in [-0.3, -0.25) is 4.79 Å². The van der Waals surface area contributed by atoms with Gasteiger partial charge in [0.05, 0.1) is 4.88 Å². The maximum Gasteiger partial charge on any atom is 0.342 e. The van der Waals surface area contributed by atoms with E-state index in [0.29, 0.717) is 20.5 Å². The molecule has 4 rings (SSSR count). The van der Waals surface area contributed by atoms with Crippen molar-refractivity contribution in [1.82, 2.24) is 0 Å². The first-order valence-corrected chi connectivity index (χ1v) is 12.3. The van der Waals surface area contributed by atoms with Crippen molar-refractivity contribution in [3.8, 4) is 11.1 Å². The summed E-state index contributed by atoms with van der Waals surface area (Å²) in [7, 11) is 0. The van der Waals surface area contributed by atoms with Gasteiger partial charge in [0.1, 0.15) is 16.2 Å². The molecule has 1 aromatic carbocycles. The van der Waals surface area contributed by atoms with Crippen LogP contribution in [0.2, 0.25) is 5.02 Å². The van der Waals surface area contributed by atoms with Gasteiger partial charge in [0.25, 0.3) is 5.91 Å². The van der Waals surface area contributed by atoms with Crippen LogP contribution in [0.15, 0.2) is 35.7 Å². The van der Waals surface area contributed by atoms with Crippen LogP contribution in [0.1, 0.15) is 64.1 Å². The highest BCUT2D eigenvalue weighted by molar-refractivity contribution is 7.16. The predicted octanol–water partition coefficient (Wildman–Crippen LogP) is 7.22. The third kappa shape index (κ3) is 5.03. The highest BCUT2D eigenvalue weighted by atomic mass is 35.5. The summed E-state index contributed by atoms with van der Waals surface area (Å²) in [6, 6.07) is 9.27. The fourth-order valence-electron chi connectivity index (χ4n) is 3.59. The molecule has 4 nitrogen and oxygen atoms in total. The summed E-state index contributed by atoms with van der Waals surface area (Å²) < 4.78 is 5.66. The molecule has 1 aliphatic carbocycles. The van der Waals surface area contributed by atoms with Crippen LogP contribution in [0.4, 0.5) is 5.00 Å². The Kier molecular flexibility index (Phi) is 6.24.